The van der Waals surface area contributed by atoms with Crippen LogP contribution in [0.15, 0.2) is 0 Å². The van der Waals surface area contributed by atoms with Crippen molar-refractivity contribution >= 4 is 0 Å². The molecule has 1 fully saturated rings. The van der Waals surface area contributed by atoms with Gasteiger partial charge in [-0.15, -0.1) is 0 Å². The Labute approximate surface area is 137 Å². The SMILES string of the molecule is CCCCCCCCCCCC[N+]1(C)CCOCC1.[Br-]. The largest absolute Gasteiger partial charge is 1.00 e. The lowest BCUT2D eigenvalue weighted by molar-refractivity contribution is -0.917. The molecule has 0 saturated carbocycles. The molecule has 0 radical (unpaired) electrons. The molecule has 1 aliphatic rings. The molecule has 1 heterocycles. The van der Waals surface area contributed by atoms with E-state index in [2.05, 4.69) is 14.0 Å². The third-order valence-electron chi connectivity index (χ3n) is 4.60. The molecule has 1 saturated heterocycles. The summed E-state index contributed by atoms with van der Waals surface area (Å²) in [4.78, 5) is 0. The number of hydrogen-bond acceptors (Lipinski definition) is 1. The Bertz CT molecular complexity index is 205. The number of nitrogens with zero attached hydrogens (tertiary/aromatic N) is 1. The lowest BCUT2D eigenvalue weighted by Gasteiger charge is -2.37. The van der Waals surface area contributed by atoms with Crippen LogP contribution in [0.2, 0.25) is 0 Å². The molecule has 1 rings (SSSR count). The van der Waals surface area contributed by atoms with Crippen molar-refractivity contribution in [1.29, 1.82) is 0 Å². The Kier molecular flexibility index (Phi) is 13.4. The van der Waals surface area contributed by atoms with Gasteiger partial charge >= 0.3 is 0 Å². The number of likely N-dealkylation sites (N-methyl/N-ethyl adjacent to an activating group) is 1. The van der Waals surface area contributed by atoms with Crippen LogP contribution in [0.5, 0.6) is 0 Å². The van der Waals surface area contributed by atoms with Crippen molar-refractivity contribution in [2.24, 2.45) is 0 Å². The van der Waals surface area contributed by atoms with Gasteiger partial charge in [0.05, 0.1) is 26.8 Å². The highest BCUT2D eigenvalue weighted by Gasteiger charge is 2.23. The van der Waals surface area contributed by atoms with Crippen LogP contribution < -0.4 is 17.0 Å². The molecule has 0 bridgehead atoms. The summed E-state index contributed by atoms with van der Waals surface area (Å²) in [5.74, 6) is 0. The monoisotopic (exact) mass is 349 g/mol. The van der Waals surface area contributed by atoms with Crippen LogP contribution in [0.4, 0.5) is 0 Å². The van der Waals surface area contributed by atoms with Gasteiger partial charge in [-0.25, -0.2) is 0 Å². The van der Waals surface area contributed by atoms with Gasteiger partial charge in [0.2, 0.25) is 0 Å². The van der Waals surface area contributed by atoms with Gasteiger partial charge in [-0.05, 0) is 12.8 Å². The van der Waals surface area contributed by atoms with E-state index in [0.29, 0.717) is 0 Å². The smallest absolute Gasteiger partial charge is 0.102 e. The number of unbranched alkanes of at least 4 members (excludes halogenated alkanes) is 9. The Balaban J connectivity index is 0.00000361. The van der Waals surface area contributed by atoms with Crippen molar-refractivity contribution in [2.45, 2.75) is 71.1 Å². The molecule has 0 N–H and O–H groups in total. The summed E-state index contributed by atoms with van der Waals surface area (Å²) >= 11 is 0. The zero-order valence-electron chi connectivity index (χ0n) is 13.8. The first-order valence-electron chi connectivity index (χ1n) is 8.68. The Morgan fingerprint density at radius 3 is 1.70 bits per heavy atom. The van der Waals surface area contributed by atoms with Crippen molar-refractivity contribution in [3.8, 4) is 0 Å². The van der Waals surface area contributed by atoms with Crippen LogP contribution in [-0.4, -0.2) is 44.4 Å². The van der Waals surface area contributed by atoms with E-state index in [9.17, 15) is 0 Å². The number of quaternary nitrogens is 1. The van der Waals surface area contributed by atoms with Crippen molar-refractivity contribution in [3.05, 3.63) is 0 Å². The molecular formula is C17H36BrNO. The summed E-state index contributed by atoms with van der Waals surface area (Å²) in [7, 11) is 2.40. The molecule has 0 aliphatic carbocycles. The van der Waals surface area contributed by atoms with Gasteiger partial charge in [0.1, 0.15) is 13.1 Å². The summed E-state index contributed by atoms with van der Waals surface area (Å²) in [6.07, 6.45) is 14.4. The second-order valence-corrected chi connectivity index (χ2v) is 6.58. The minimum absolute atomic E-state index is 0. The fourth-order valence-electron chi connectivity index (χ4n) is 2.99. The molecule has 0 unspecified atom stereocenters. The van der Waals surface area contributed by atoms with Crippen LogP contribution in [0.1, 0.15) is 71.1 Å². The van der Waals surface area contributed by atoms with Gasteiger partial charge in [0.25, 0.3) is 0 Å². The van der Waals surface area contributed by atoms with E-state index >= 15 is 0 Å². The fraction of sp³-hybridized carbons (Fsp3) is 1.00. The molecule has 20 heavy (non-hydrogen) atoms. The molecule has 3 heteroatoms. The lowest BCUT2D eigenvalue weighted by Crippen LogP contribution is -3.00. The van der Waals surface area contributed by atoms with Gasteiger partial charge in [-0.1, -0.05) is 58.3 Å². The highest BCUT2D eigenvalue weighted by molar-refractivity contribution is 4.50. The van der Waals surface area contributed by atoms with E-state index in [-0.39, 0.29) is 17.0 Å². The summed E-state index contributed by atoms with van der Waals surface area (Å²) in [6, 6.07) is 0. The zero-order valence-corrected chi connectivity index (χ0v) is 15.4. The lowest BCUT2D eigenvalue weighted by atomic mass is 10.1. The summed E-state index contributed by atoms with van der Waals surface area (Å²) in [5.41, 5.74) is 0. The zero-order chi connectivity index (χ0) is 13.8. The van der Waals surface area contributed by atoms with Crippen LogP contribution >= 0.6 is 0 Å². The first-order valence-corrected chi connectivity index (χ1v) is 8.68. The van der Waals surface area contributed by atoms with E-state index in [1.165, 1.54) is 88.3 Å². The second-order valence-electron chi connectivity index (χ2n) is 6.58. The molecular weight excluding hydrogens is 314 g/mol. The summed E-state index contributed by atoms with van der Waals surface area (Å²) < 4.78 is 6.70. The third-order valence-corrected chi connectivity index (χ3v) is 4.60. The Morgan fingerprint density at radius 1 is 0.750 bits per heavy atom. The summed E-state index contributed by atoms with van der Waals surface area (Å²) in [6.45, 7) is 8.02. The molecule has 0 amide bonds. The maximum absolute atomic E-state index is 5.45. The number of hydrogen-bond donors (Lipinski definition) is 0. The predicted octanol–water partition coefficient (Wildman–Crippen LogP) is 1.39. The topological polar surface area (TPSA) is 9.23 Å². The molecule has 0 atom stereocenters. The molecule has 1 aliphatic heterocycles. The Hall–Kier alpha value is 0.400. The fourth-order valence-corrected chi connectivity index (χ4v) is 2.99. The number of halogens is 1. The van der Waals surface area contributed by atoms with Gasteiger partial charge in [-0.2, -0.15) is 0 Å². The average Bonchev–Trinajstić information content (AvgIpc) is 2.42. The van der Waals surface area contributed by atoms with Crippen LogP contribution in [0.25, 0.3) is 0 Å². The standard InChI is InChI=1S/C17H36NO.BrH/c1-3-4-5-6-7-8-9-10-11-12-13-18(2)14-16-19-17-15-18;/h3-17H2,1-2H3;1H/q+1;/p-1. The van der Waals surface area contributed by atoms with E-state index in [1.54, 1.807) is 0 Å². The summed E-state index contributed by atoms with van der Waals surface area (Å²) in [5, 5.41) is 0. The molecule has 2 nitrogen and oxygen atoms in total. The van der Waals surface area contributed by atoms with Gasteiger partial charge in [-0.3, -0.25) is 0 Å². The molecule has 0 spiro atoms. The van der Waals surface area contributed by atoms with Crippen molar-refractivity contribution in [1.82, 2.24) is 0 Å². The van der Waals surface area contributed by atoms with E-state index in [1.807, 2.05) is 0 Å². The molecule has 0 aromatic rings. The third kappa shape index (κ3) is 10.2. The molecule has 122 valence electrons. The highest BCUT2D eigenvalue weighted by atomic mass is 79.9. The predicted molar refractivity (Wildman–Crippen MR) is 83.4 cm³/mol. The van der Waals surface area contributed by atoms with Gasteiger partial charge in [0, 0.05) is 0 Å². The van der Waals surface area contributed by atoms with Crippen LogP contribution in [0, 0.1) is 0 Å². The number of rotatable bonds is 11. The van der Waals surface area contributed by atoms with Crippen LogP contribution in [0.3, 0.4) is 0 Å². The van der Waals surface area contributed by atoms with Crippen molar-refractivity contribution in [3.63, 3.8) is 0 Å². The average molecular weight is 350 g/mol. The van der Waals surface area contributed by atoms with Crippen LogP contribution in [-0.2, 0) is 4.74 Å². The normalized spacial score (nSPS) is 17.7. The minimum Gasteiger partial charge on any atom is -1.00 e. The van der Waals surface area contributed by atoms with Crippen molar-refractivity contribution < 1.29 is 26.2 Å². The van der Waals surface area contributed by atoms with Gasteiger partial charge in [0.15, 0.2) is 0 Å². The van der Waals surface area contributed by atoms with E-state index in [4.69, 9.17) is 4.74 Å². The first-order chi connectivity index (χ1) is 9.27. The highest BCUT2D eigenvalue weighted by Crippen LogP contribution is 2.13. The molecule has 0 aromatic heterocycles. The number of ether oxygens (including phenoxy) is 1. The minimum atomic E-state index is 0. The van der Waals surface area contributed by atoms with E-state index in [0.717, 1.165) is 13.2 Å². The first kappa shape index (κ1) is 20.4. The second kappa shape index (κ2) is 13.1. The van der Waals surface area contributed by atoms with Gasteiger partial charge < -0.3 is 26.2 Å². The van der Waals surface area contributed by atoms with Crippen molar-refractivity contribution in [2.75, 3.05) is 39.9 Å². The maximum atomic E-state index is 5.45. The maximum Gasteiger partial charge on any atom is 0.102 e. The van der Waals surface area contributed by atoms with E-state index < -0.39 is 0 Å². The quantitative estimate of drug-likeness (QED) is 0.404. The number of morpholine rings is 1. The Morgan fingerprint density at radius 2 is 1.20 bits per heavy atom. The molecule has 0 aromatic carbocycles.